The number of carbonyl (C=O) groups excluding carboxylic acids is 5. The van der Waals surface area contributed by atoms with Crippen molar-refractivity contribution in [2.75, 3.05) is 13.2 Å². The number of hydrogen-bond acceptors (Lipinski definition) is 6. The molecule has 4 N–H and O–H groups in total. The minimum Gasteiger partial charge on any atom is -0.449 e. The molecule has 0 bridgehead atoms. The highest BCUT2D eigenvalue weighted by atomic mass is 16.5. The quantitative estimate of drug-likeness (QED) is 0.350. The van der Waals surface area contributed by atoms with Gasteiger partial charge in [0.2, 0.25) is 17.6 Å². The molecule has 0 aromatic rings. The first-order valence-corrected chi connectivity index (χ1v) is 15.1. The van der Waals surface area contributed by atoms with Crippen LogP contribution in [-0.4, -0.2) is 65.8 Å². The average Bonchev–Trinajstić information content (AvgIpc) is 3.19. The minimum absolute atomic E-state index is 0.0418. The van der Waals surface area contributed by atoms with E-state index in [1.54, 1.807) is 4.90 Å². The number of ether oxygens (including phenoxy) is 1. The molecule has 2 unspecified atom stereocenters. The van der Waals surface area contributed by atoms with E-state index in [1.165, 1.54) is 0 Å². The molecule has 0 radical (unpaired) electrons. The van der Waals surface area contributed by atoms with Crippen LogP contribution in [0.5, 0.6) is 0 Å². The summed E-state index contributed by atoms with van der Waals surface area (Å²) < 4.78 is 5.45. The largest absolute Gasteiger partial charge is 0.449 e. The second-order valence-corrected chi connectivity index (χ2v) is 14.4. The van der Waals surface area contributed by atoms with Gasteiger partial charge in [0.05, 0.1) is 12.6 Å². The van der Waals surface area contributed by atoms with Crippen LogP contribution in [0.2, 0.25) is 0 Å². The first-order chi connectivity index (χ1) is 18.7. The van der Waals surface area contributed by atoms with Gasteiger partial charge in [-0.25, -0.2) is 4.79 Å². The van der Waals surface area contributed by atoms with Gasteiger partial charge in [0.15, 0.2) is 0 Å². The Morgan fingerprint density at radius 2 is 1.62 bits per heavy atom. The summed E-state index contributed by atoms with van der Waals surface area (Å²) >= 11 is 0. The Bertz CT molecular complexity index is 1010. The van der Waals surface area contributed by atoms with Gasteiger partial charge in [-0.05, 0) is 53.8 Å². The molecule has 0 spiro atoms. The van der Waals surface area contributed by atoms with Crippen molar-refractivity contribution < 1.29 is 28.7 Å². The molecule has 0 aromatic carbocycles. The SMILES string of the molecule is CC(C)(C)COC(=O)N[C@H](C(=O)N1CC2[C@@H]([C@H]1C(=O)NC(CC1CCC1)C(=O)C(N)=O)C2(C)C)C1CCCCC1. The molecule has 4 amide bonds. The van der Waals surface area contributed by atoms with E-state index in [1.807, 2.05) is 20.8 Å². The van der Waals surface area contributed by atoms with Gasteiger partial charge < -0.3 is 26.0 Å². The minimum atomic E-state index is -1.07. The summed E-state index contributed by atoms with van der Waals surface area (Å²) in [4.78, 5) is 66.8. The van der Waals surface area contributed by atoms with Crippen LogP contribution >= 0.6 is 0 Å². The van der Waals surface area contributed by atoms with Crippen molar-refractivity contribution in [3.63, 3.8) is 0 Å². The number of ketones is 1. The third kappa shape index (κ3) is 6.62. The summed E-state index contributed by atoms with van der Waals surface area (Å²) in [5, 5.41) is 5.68. The van der Waals surface area contributed by atoms with Gasteiger partial charge in [-0.2, -0.15) is 0 Å². The van der Waals surface area contributed by atoms with Crippen LogP contribution in [-0.2, 0) is 23.9 Å². The lowest BCUT2D eigenvalue weighted by molar-refractivity contribution is -0.144. The van der Waals surface area contributed by atoms with Gasteiger partial charge >= 0.3 is 6.09 Å². The Balaban J connectivity index is 1.53. The van der Waals surface area contributed by atoms with Crippen molar-refractivity contribution in [2.24, 2.45) is 40.2 Å². The number of Topliss-reactive ketones (excluding diaryl/α,β-unsaturated/α-hetero) is 1. The maximum Gasteiger partial charge on any atom is 0.407 e. The number of fused-ring (bicyclic) bond motifs is 1. The molecule has 4 fully saturated rings. The molecular formula is C30H48N4O6. The van der Waals surface area contributed by atoms with Crippen LogP contribution in [0.3, 0.4) is 0 Å². The van der Waals surface area contributed by atoms with Crippen molar-refractivity contribution >= 4 is 29.6 Å². The fourth-order valence-electron chi connectivity index (χ4n) is 7.01. The van der Waals surface area contributed by atoms with E-state index in [0.29, 0.717) is 13.0 Å². The molecular weight excluding hydrogens is 512 g/mol. The maximum absolute atomic E-state index is 14.2. The number of hydrogen-bond donors (Lipinski definition) is 3. The van der Waals surface area contributed by atoms with Crippen molar-refractivity contribution in [1.82, 2.24) is 15.5 Å². The highest BCUT2D eigenvalue weighted by Gasteiger charge is 2.69. The van der Waals surface area contributed by atoms with Crippen LogP contribution in [0.15, 0.2) is 0 Å². The van der Waals surface area contributed by atoms with E-state index in [9.17, 15) is 24.0 Å². The second kappa shape index (κ2) is 11.7. The number of nitrogens with zero attached hydrogens (tertiary/aromatic N) is 1. The monoisotopic (exact) mass is 560 g/mol. The molecule has 3 saturated carbocycles. The Morgan fingerprint density at radius 3 is 2.17 bits per heavy atom. The highest BCUT2D eigenvalue weighted by molar-refractivity contribution is 6.37. The number of piperidine rings is 1. The van der Waals surface area contributed by atoms with Gasteiger partial charge in [0.1, 0.15) is 12.1 Å². The Morgan fingerprint density at radius 1 is 0.975 bits per heavy atom. The van der Waals surface area contributed by atoms with E-state index < -0.39 is 41.8 Å². The number of likely N-dealkylation sites (tertiary alicyclic amines) is 1. The molecule has 4 aliphatic rings. The molecule has 40 heavy (non-hydrogen) atoms. The fourth-order valence-corrected chi connectivity index (χ4v) is 7.01. The molecule has 224 valence electrons. The lowest BCUT2D eigenvalue weighted by Gasteiger charge is -2.37. The number of nitrogens with one attached hydrogen (secondary N) is 2. The molecule has 5 atom stereocenters. The van der Waals surface area contributed by atoms with Crippen LogP contribution in [0.4, 0.5) is 4.79 Å². The van der Waals surface area contributed by atoms with Crippen LogP contribution in [0.25, 0.3) is 0 Å². The van der Waals surface area contributed by atoms with Crippen molar-refractivity contribution in [3.05, 3.63) is 0 Å². The van der Waals surface area contributed by atoms with Gasteiger partial charge in [0.25, 0.3) is 5.91 Å². The van der Waals surface area contributed by atoms with Crippen LogP contribution in [0, 0.1) is 34.5 Å². The zero-order chi connectivity index (χ0) is 29.4. The van der Waals surface area contributed by atoms with Gasteiger partial charge in [-0.15, -0.1) is 0 Å². The standard InChI is InChI=1S/C30H48N4O6/c1-29(2,3)16-40-28(39)33-22(18-12-7-6-8-13-18)27(38)34-15-19-21(30(19,4)5)23(34)26(37)32-20(24(35)25(31)36)14-17-10-9-11-17/h17-23H,6-16H2,1-5H3,(H2,31,36)(H,32,37)(H,33,39)/t19?,20?,21-,22-,23-/m0/s1. The summed E-state index contributed by atoms with van der Waals surface area (Å²) in [6, 6.07) is -2.56. The van der Waals surface area contributed by atoms with E-state index in [-0.39, 0.29) is 47.0 Å². The third-order valence-corrected chi connectivity index (χ3v) is 9.73. The lowest BCUT2D eigenvalue weighted by atomic mass is 9.80. The van der Waals surface area contributed by atoms with E-state index in [0.717, 1.165) is 51.4 Å². The number of amides is 4. The number of rotatable bonds is 10. The molecule has 1 heterocycles. The summed E-state index contributed by atoms with van der Waals surface area (Å²) in [7, 11) is 0. The van der Waals surface area contributed by atoms with Gasteiger partial charge in [0, 0.05) is 6.54 Å². The normalized spacial score (nSPS) is 27.5. The number of primary amides is 1. The van der Waals surface area contributed by atoms with E-state index in [4.69, 9.17) is 10.5 Å². The summed E-state index contributed by atoms with van der Waals surface area (Å²) in [6.45, 7) is 10.7. The van der Waals surface area contributed by atoms with Crippen molar-refractivity contribution in [2.45, 2.75) is 111 Å². The van der Waals surface area contributed by atoms with Crippen molar-refractivity contribution in [3.8, 4) is 0 Å². The predicted octanol–water partition coefficient (Wildman–Crippen LogP) is 2.92. The number of nitrogens with two attached hydrogens (primary N) is 1. The van der Waals surface area contributed by atoms with Crippen molar-refractivity contribution in [1.29, 1.82) is 0 Å². The molecule has 10 heteroatoms. The maximum atomic E-state index is 14.2. The van der Waals surface area contributed by atoms with Gasteiger partial charge in [-0.3, -0.25) is 19.2 Å². The Kier molecular flexibility index (Phi) is 8.85. The van der Waals surface area contributed by atoms with Crippen LogP contribution < -0.4 is 16.4 Å². The lowest BCUT2D eigenvalue weighted by Crippen LogP contribution is -2.59. The first-order valence-electron chi connectivity index (χ1n) is 15.1. The molecule has 3 aliphatic carbocycles. The number of alkyl carbamates (subject to hydrolysis) is 1. The average molecular weight is 561 g/mol. The van der Waals surface area contributed by atoms with E-state index in [2.05, 4.69) is 24.5 Å². The zero-order valence-corrected chi connectivity index (χ0v) is 24.8. The topological polar surface area (TPSA) is 148 Å². The molecule has 4 rings (SSSR count). The molecule has 10 nitrogen and oxygen atoms in total. The summed E-state index contributed by atoms with van der Waals surface area (Å²) in [6.07, 6.45) is 7.39. The zero-order valence-electron chi connectivity index (χ0n) is 24.8. The van der Waals surface area contributed by atoms with Crippen LogP contribution in [0.1, 0.15) is 92.4 Å². The van der Waals surface area contributed by atoms with Gasteiger partial charge in [-0.1, -0.05) is 73.1 Å². The Labute approximate surface area is 237 Å². The summed E-state index contributed by atoms with van der Waals surface area (Å²) in [5.41, 5.74) is 4.97. The Hall–Kier alpha value is -2.65. The molecule has 1 saturated heterocycles. The summed E-state index contributed by atoms with van der Waals surface area (Å²) in [5.74, 6) is -2.27. The number of carbonyl (C=O) groups is 5. The second-order valence-electron chi connectivity index (χ2n) is 14.4. The third-order valence-electron chi connectivity index (χ3n) is 9.73. The van der Waals surface area contributed by atoms with E-state index >= 15 is 0 Å². The molecule has 0 aromatic heterocycles. The fraction of sp³-hybridized carbons (Fsp3) is 0.833. The highest BCUT2D eigenvalue weighted by Crippen LogP contribution is 2.65. The predicted molar refractivity (Wildman–Crippen MR) is 149 cm³/mol. The first kappa shape index (κ1) is 30.3. The molecule has 1 aliphatic heterocycles. The smallest absolute Gasteiger partial charge is 0.407 e.